The van der Waals surface area contributed by atoms with E-state index in [-0.39, 0.29) is 18.6 Å². The molecule has 0 atom stereocenters. The molecule has 0 spiro atoms. The first kappa shape index (κ1) is 15.7. The minimum atomic E-state index is 0. The van der Waals surface area contributed by atoms with E-state index in [1.165, 1.54) is 0 Å². The Morgan fingerprint density at radius 2 is 1.00 bits per heavy atom. The third kappa shape index (κ3) is 123. The molecule has 0 nitrogen and oxygen atoms in total. The van der Waals surface area contributed by atoms with Gasteiger partial charge in [0.2, 0.25) is 0 Å². The molecule has 0 aromatic carbocycles. The predicted octanol–water partition coefficient (Wildman–Crippen LogP) is 1.10. The van der Waals surface area contributed by atoms with Crippen molar-refractivity contribution in [2.75, 3.05) is 11.5 Å². The van der Waals surface area contributed by atoms with Crippen LogP contribution in [0.15, 0.2) is 0 Å². The van der Waals surface area contributed by atoms with Gasteiger partial charge in [0, 0.05) is 0 Å². The van der Waals surface area contributed by atoms with Crippen LogP contribution < -0.4 is 0 Å². The van der Waals surface area contributed by atoms with Crippen molar-refractivity contribution in [2.45, 2.75) is 13.8 Å². The van der Waals surface area contributed by atoms with Gasteiger partial charge in [-0.3, -0.25) is 0 Å². The van der Waals surface area contributed by atoms with Crippen molar-refractivity contribution in [2.24, 2.45) is 0 Å². The van der Waals surface area contributed by atoms with Gasteiger partial charge in [-0.05, 0) is 0 Å². The molecule has 0 fully saturated rings. The summed E-state index contributed by atoms with van der Waals surface area (Å²) < 4.78 is 0. The molecule has 0 N–H and O–H groups in total. The van der Waals surface area contributed by atoms with Gasteiger partial charge < -0.3 is 25.3 Å². The summed E-state index contributed by atoms with van der Waals surface area (Å²) in [6, 6.07) is 0. The van der Waals surface area contributed by atoms with Crippen LogP contribution in [0.2, 0.25) is 0 Å². The molecule has 43 valence electrons. The molecule has 1 radical (unpaired) electrons. The summed E-state index contributed by atoms with van der Waals surface area (Å²) in [5.41, 5.74) is 0. The van der Waals surface area contributed by atoms with Crippen LogP contribution >= 0.6 is 0 Å². The SMILES string of the molecule is CC[S-].CC[S-].[V+2]. The largest absolute Gasteiger partial charge is 2.00 e. The molecule has 0 aliphatic carbocycles. The van der Waals surface area contributed by atoms with Crippen LogP contribution in [0.3, 0.4) is 0 Å². The standard InChI is InChI=1S/2C2H6S.V/c2*1-2-3;/h2*3H,2H2,1H3;/q;;+2/p-2. The number of rotatable bonds is 0. The summed E-state index contributed by atoms with van der Waals surface area (Å²) in [5.74, 6) is 1.67. The summed E-state index contributed by atoms with van der Waals surface area (Å²) >= 11 is 8.79. The van der Waals surface area contributed by atoms with Crippen LogP contribution in [-0.2, 0) is 43.8 Å². The molecule has 0 unspecified atom stereocenters. The Morgan fingerprint density at radius 3 is 1.00 bits per heavy atom. The maximum Gasteiger partial charge on any atom is 2.00 e. The van der Waals surface area contributed by atoms with Crippen molar-refractivity contribution in [1.82, 2.24) is 0 Å². The molecular formula is C4H10S2V. The van der Waals surface area contributed by atoms with E-state index in [0.717, 1.165) is 11.5 Å². The number of hydrogen-bond donors (Lipinski definition) is 0. The summed E-state index contributed by atoms with van der Waals surface area (Å²) in [5, 5.41) is 0. The molecule has 0 heterocycles. The first-order valence-corrected chi connectivity index (χ1v) is 3.15. The van der Waals surface area contributed by atoms with E-state index in [0.29, 0.717) is 0 Å². The van der Waals surface area contributed by atoms with Gasteiger partial charge in [0.05, 0.1) is 0 Å². The zero-order chi connectivity index (χ0) is 5.41. The topological polar surface area (TPSA) is 0 Å². The second-order valence-corrected chi connectivity index (χ2v) is 1.73. The molecule has 0 aliphatic heterocycles. The van der Waals surface area contributed by atoms with Gasteiger partial charge in [0.15, 0.2) is 0 Å². The van der Waals surface area contributed by atoms with Crippen molar-refractivity contribution in [3.05, 3.63) is 0 Å². The molecule has 0 aromatic heterocycles. The zero-order valence-electron chi connectivity index (χ0n) is 4.68. The van der Waals surface area contributed by atoms with Gasteiger partial charge in [-0.25, -0.2) is 0 Å². The molecule has 7 heavy (non-hydrogen) atoms. The van der Waals surface area contributed by atoms with Crippen molar-refractivity contribution in [3.8, 4) is 0 Å². The summed E-state index contributed by atoms with van der Waals surface area (Å²) in [4.78, 5) is 0. The summed E-state index contributed by atoms with van der Waals surface area (Å²) in [7, 11) is 0. The van der Waals surface area contributed by atoms with Crippen LogP contribution in [0.5, 0.6) is 0 Å². The van der Waals surface area contributed by atoms with Crippen LogP contribution in [0, 0.1) is 0 Å². The fourth-order valence-electron chi connectivity index (χ4n) is 0. The maximum atomic E-state index is 4.39. The third-order valence-electron chi connectivity index (χ3n) is 0. The van der Waals surface area contributed by atoms with E-state index in [2.05, 4.69) is 25.3 Å². The van der Waals surface area contributed by atoms with Crippen LogP contribution in [0.25, 0.3) is 0 Å². The fourth-order valence-corrected chi connectivity index (χ4v) is 0. The molecular weight excluding hydrogens is 163 g/mol. The Morgan fingerprint density at radius 1 is 1.00 bits per heavy atom. The van der Waals surface area contributed by atoms with Gasteiger partial charge in [0.1, 0.15) is 0 Å². The molecule has 0 aromatic rings. The zero-order valence-corrected chi connectivity index (χ0v) is 7.71. The Kier molecular flexibility index (Phi) is 60.0. The Hall–Kier alpha value is 1.28. The second-order valence-electron chi connectivity index (χ2n) is 0.577. The van der Waals surface area contributed by atoms with E-state index >= 15 is 0 Å². The molecule has 0 saturated heterocycles. The van der Waals surface area contributed by atoms with Gasteiger partial charge in [-0.2, -0.15) is 11.5 Å². The van der Waals surface area contributed by atoms with Crippen LogP contribution in [-0.4, -0.2) is 11.5 Å². The molecule has 0 rings (SSSR count). The first-order valence-electron chi connectivity index (χ1n) is 1.99. The van der Waals surface area contributed by atoms with Gasteiger partial charge in [-0.15, -0.1) is 0 Å². The van der Waals surface area contributed by atoms with Gasteiger partial charge in [0.25, 0.3) is 0 Å². The minimum absolute atomic E-state index is 0. The Balaban J connectivity index is -0.0000000400. The van der Waals surface area contributed by atoms with Gasteiger partial charge >= 0.3 is 18.6 Å². The van der Waals surface area contributed by atoms with E-state index in [4.69, 9.17) is 0 Å². The average molecular weight is 173 g/mol. The molecule has 0 saturated carbocycles. The third-order valence-corrected chi connectivity index (χ3v) is 0. The predicted molar refractivity (Wildman–Crippen MR) is 35.8 cm³/mol. The maximum absolute atomic E-state index is 4.39. The van der Waals surface area contributed by atoms with Crippen LogP contribution in [0.4, 0.5) is 0 Å². The Bertz CT molecular complexity index is 11.7. The fraction of sp³-hybridized carbons (Fsp3) is 1.00. The van der Waals surface area contributed by atoms with Crippen molar-refractivity contribution in [1.29, 1.82) is 0 Å². The Labute approximate surface area is 69.2 Å². The molecule has 0 aliphatic rings. The van der Waals surface area contributed by atoms with Gasteiger partial charge in [-0.1, -0.05) is 13.8 Å². The molecule has 3 heteroatoms. The van der Waals surface area contributed by atoms with E-state index in [1.54, 1.807) is 0 Å². The van der Waals surface area contributed by atoms with Crippen molar-refractivity contribution >= 4 is 25.3 Å². The van der Waals surface area contributed by atoms with Crippen LogP contribution in [0.1, 0.15) is 13.8 Å². The molecule has 0 amide bonds. The smallest absolute Gasteiger partial charge is 0.793 e. The summed E-state index contributed by atoms with van der Waals surface area (Å²) in [6.07, 6.45) is 0. The monoisotopic (exact) mass is 173 g/mol. The number of hydrogen-bond acceptors (Lipinski definition) is 2. The molecule has 0 bridgehead atoms. The normalized spacial score (nSPS) is 5.14. The van der Waals surface area contributed by atoms with Crippen molar-refractivity contribution in [3.63, 3.8) is 0 Å². The van der Waals surface area contributed by atoms with E-state index < -0.39 is 0 Å². The second kappa shape index (κ2) is 26.7. The quantitative estimate of drug-likeness (QED) is 0.503. The van der Waals surface area contributed by atoms with E-state index in [1.807, 2.05) is 13.8 Å². The average Bonchev–Trinajstić information content (AvgIpc) is 1.39. The summed E-state index contributed by atoms with van der Waals surface area (Å²) in [6.45, 7) is 3.88. The van der Waals surface area contributed by atoms with Crippen molar-refractivity contribution < 1.29 is 18.6 Å². The minimum Gasteiger partial charge on any atom is -0.793 e. The van der Waals surface area contributed by atoms with E-state index in [9.17, 15) is 0 Å². The first-order chi connectivity index (χ1) is 2.83.